The Bertz CT molecular complexity index is 628. The SMILES string of the molecule is CN(CCC(=O)c1ccccc1Cl)Cc1ccccc1Cl. The molecule has 2 aromatic rings. The van der Waals surface area contributed by atoms with Gasteiger partial charge in [0.05, 0.1) is 5.02 Å². The lowest BCUT2D eigenvalue weighted by atomic mass is 10.1. The van der Waals surface area contributed by atoms with Gasteiger partial charge in [0.1, 0.15) is 0 Å². The van der Waals surface area contributed by atoms with Crippen molar-refractivity contribution < 1.29 is 4.79 Å². The van der Waals surface area contributed by atoms with E-state index < -0.39 is 0 Å². The molecule has 2 nitrogen and oxygen atoms in total. The van der Waals surface area contributed by atoms with Gasteiger partial charge in [0.15, 0.2) is 5.78 Å². The minimum atomic E-state index is 0.0617. The van der Waals surface area contributed by atoms with Gasteiger partial charge in [-0.3, -0.25) is 4.79 Å². The summed E-state index contributed by atoms with van der Waals surface area (Å²) < 4.78 is 0. The Kier molecular flexibility index (Phi) is 5.80. The fraction of sp³-hybridized carbons (Fsp3) is 0.235. The van der Waals surface area contributed by atoms with Crippen molar-refractivity contribution in [2.45, 2.75) is 13.0 Å². The van der Waals surface area contributed by atoms with Crippen LogP contribution in [0.5, 0.6) is 0 Å². The maximum Gasteiger partial charge on any atom is 0.165 e. The number of nitrogens with zero attached hydrogens (tertiary/aromatic N) is 1. The number of ketones is 1. The van der Waals surface area contributed by atoms with E-state index in [0.29, 0.717) is 23.6 Å². The van der Waals surface area contributed by atoms with Crippen molar-refractivity contribution in [1.82, 2.24) is 4.90 Å². The maximum absolute atomic E-state index is 12.2. The summed E-state index contributed by atoms with van der Waals surface area (Å²) >= 11 is 12.2. The van der Waals surface area contributed by atoms with E-state index in [1.165, 1.54) is 0 Å². The first kappa shape index (κ1) is 16.0. The van der Waals surface area contributed by atoms with E-state index in [0.717, 1.165) is 17.1 Å². The van der Waals surface area contributed by atoms with Gasteiger partial charge in [-0.1, -0.05) is 53.5 Å². The molecule has 0 atom stereocenters. The van der Waals surface area contributed by atoms with Crippen molar-refractivity contribution in [3.63, 3.8) is 0 Å². The lowest BCUT2D eigenvalue weighted by Gasteiger charge is -2.17. The third-order valence-corrected chi connectivity index (χ3v) is 3.99. The molecule has 2 aromatic carbocycles. The summed E-state index contributed by atoms with van der Waals surface area (Å²) in [5, 5.41) is 1.26. The Hall–Kier alpha value is -1.35. The second-order valence-electron chi connectivity index (χ2n) is 4.98. The van der Waals surface area contributed by atoms with Crippen LogP contribution in [0.25, 0.3) is 0 Å². The van der Waals surface area contributed by atoms with Crippen LogP contribution < -0.4 is 0 Å². The molecule has 0 radical (unpaired) electrons. The van der Waals surface area contributed by atoms with Crippen molar-refractivity contribution in [2.75, 3.05) is 13.6 Å². The Labute approximate surface area is 135 Å². The van der Waals surface area contributed by atoms with Gasteiger partial charge in [-0.15, -0.1) is 0 Å². The zero-order chi connectivity index (χ0) is 15.2. The number of hydrogen-bond donors (Lipinski definition) is 0. The molecule has 0 spiro atoms. The molecule has 0 fully saturated rings. The van der Waals surface area contributed by atoms with E-state index in [-0.39, 0.29) is 5.78 Å². The Morgan fingerprint density at radius 3 is 2.29 bits per heavy atom. The zero-order valence-corrected chi connectivity index (χ0v) is 13.4. The third-order valence-electron chi connectivity index (χ3n) is 3.29. The number of carbonyl (C=O) groups excluding carboxylic acids is 1. The van der Waals surface area contributed by atoms with Crippen LogP contribution in [0.15, 0.2) is 48.5 Å². The molecule has 0 saturated heterocycles. The highest BCUT2D eigenvalue weighted by Gasteiger charge is 2.11. The minimum absolute atomic E-state index is 0.0617. The average molecular weight is 322 g/mol. The molecule has 0 N–H and O–H groups in total. The quantitative estimate of drug-likeness (QED) is 0.719. The van der Waals surface area contributed by atoms with Gasteiger partial charge in [0.25, 0.3) is 0 Å². The summed E-state index contributed by atoms with van der Waals surface area (Å²) in [6, 6.07) is 14.9. The third kappa shape index (κ3) is 4.57. The Morgan fingerprint density at radius 1 is 1.00 bits per heavy atom. The van der Waals surface area contributed by atoms with Crippen LogP contribution in [0.3, 0.4) is 0 Å². The van der Waals surface area contributed by atoms with Crippen molar-refractivity contribution in [3.05, 3.63) is 69.7 Å². The topological polar surface area (TPSA) is 20.3 Å². The van der Waals surface area contributed by atoms with Gasteiger partial charge in [0, 0.05) is 30.1 Å². The van der Waals surface area contributed by atoms with Gasteiger partial charge in [0.2, 0.25) is 0 Å². The fourth-order valence-electron chi connectivity index (χ4n) is 2.11. The normalized spacial score (nSPS) is 10.9. The highest BCUT2D eigenvalue weighted by molar-refractivity contribution is 6.34. The van der Waals surface area contributed by atoms with Crippen molar-refractivity contribution in [2.24, 2.45) is 0 Å². The smallest absolute Gasteiger partial charge is 0.165 e. The number of benzene rings is 2. The fourth-order valence-corrected chi connectivity index (χ4v) is 2.55. The monoisotopic (exact) mass is 321 g/mol. The van der Waals surface area contributed by atoms with E-state index in [4.69, 9.17) is 23.2 Å². The van der Waals surface area contributed by atoms with Crippen molar-refractivity contribution in [1.29, 1.82) is 0 Å². The van der Waals surface area contributed by atoms with Crippen molar-refractivity contribution in [3.8, 4) is 0 Å². The molecular weight excluding hydrogens is 305 g/mol. The second kappa shape index (κ2) is 7.60. The summed E-state index contributed by atoms with van der Waals surface area (Å²) in [5.41, 5.74) is 1.65. The number of rotatable bonds is 6. The number of halogens is 2. The van der Waals surface area contributed by atoms with Gasteiger partial charge in [-0.25, -0.2) is 0 Å². The number of hydrogen-bond acceptors (Lipinski definition) is 2. The van der Waals surface area contributed by atoms with Crippen LogP contribution in [-0.4, -0.2) is 24.3 Å². The summed E-state index contributed by atoms with van der Waals surface area (Å²) in [5.74, 6) is 0.0617. The largest absolute Gasteiger partial charge is 0.302 e. The second-order valence-corrected chi connectivity index (χ2v) is 5.80. The highest BCUT2D eigenvalue weighted by Crippen LogP contribution is 2.18. The predicted octanol–water partition coefficient (Wildman–Crippen LogP) is 4.70. The van der Waals surface area contributed by atoms with Gasteiger partial charge in [-0.05, 0) is 30.8 Å². The van der Waals surface area contributed by atoms with Gasteiger partial charge >= 0.3 is 0 Å². The van der Waals surface area contributed by atoms with E-state index in [1.807, 2.05) is 43.4 Å². The van der Waals surface area contributed by atoms with Crippen LogP contribution in [0.1, 0.15) is 22.3 Å². The molecule has 0 saturated carbocycles. The molecule has 0 aliphatic rings. The van der Waals surface area contributed by atoms with Gasteiger partial charge < -0.3 is 4.90 Å². The minimum Gasteiger partial charge on any atom is -0.302 e. The van der Waals surface area contributed by atoms with E-state index in [1.54, 1.807) is 12.1 Å². The first-order valence-electron chi connectivity index (χ1n) is 6.77. The lowest BCUT2D eigenvalue weighted by molar-refractivity contribution is 0.0968. The molecule has 2 rings (SSSR count). The zero-order valence-electron chi connectivity index (χ0n) is 11.9. The molecule has 110 valence electrons. The molecule has 0 aromatic heterocycles. The first-order valence-corrected chi connectivity index (χ1v) is 7.53. The predicted molar refractivity (Wildman–Crippen MR) is 88.2 cm³/mol. The number of Topliss-reactive ketones (excluding diaryl/α,β-unsaturated/α-hetero) is 1. The highest BCUT2D eigenvalue weighted by atomic mass is 35.5. The Balaban J connectivity index is 1.90. The molecule has 0 aliphatic heterocycles. The van der Waals surface area contributed by atoms with E-state index >= 15 is 0 Å². The Morgan fingerprint density at radius 2 is 1.62 bits per heavy atom. The molecule has 0 bridgehead atoms. The lowest BCUT2D eigenvalue weighted by Crippen LogP contribution is -2.21. The molecule has 0 amide bonds. The molecule has 0 unspecified atom stereocenters. The van der Waals surface area contributed by atoms with Crippen LogP contribution in [-0.2, 0) is 6.54 Å². The van der Waals surface area contributed by atoms with E-state index in [9.17, 15) is 4.79 Å². The summed E-state index contributed by atoms with van der Waals surface area (Å²) in [6.45, 7) is 1.38. The van der Waals surface area contributed by atoms with Crippen molar-refractivity contribution >= 4 is 29.0 Å². The van der Waals surface area contributed by atoms with Gasteiger partial charge in [-0.2, -0.15) is 0 Å². The first-order chi connectivity index (χ1) is 10.1. The molecule has 0 heterocycles. The van der Waals surface area contributed by atoms with Crippen LogP contribution >= 0.6 is 23.2 Å². The molecule has 4 heteroatoms. The molecule has 0 aliphatic carbocycles. The standard InChI is InChI=1S/C17H17Cl2NO/c1-20(12-13-6-2-4-8-15(13)18)11-10-17(21)14-7-3-5-9-16(14)19/h2-9H,10-12H2,1H3. The van der Waals surface area contributed by atoms with Crippen LogP contribution in [0, 0.1) is 0 Å². The molecular formula is C17H17Cl2NO. The maximum atomic E-state index is 12.2. The van der Waals surface area contributed by atoms with E-state index in [2.05, 4.69) is 4.90 Å². The van der Waals surface area contributed by atoms with Crippen LogP contribution in [0.2, 0.25) is 10.0 Å². The average Bonchev–Trinajstić information content (AvgIpc) is 2.48. The summed E-state index contributed by atoms with van der Waals surface area (Å²) in [6.07, 6.45) is 0.435. The van der Waals surface area contributed by atoms with Crippen LogP contribution in [0.4, 0.5) is 0 Å². The summed E-state index contributed by atoms with van der Waals surface area (Å²) in [7, 11) is 1.98. The summed E-state index contributed by atoms with van der Waals surface area (Å²) in [4.78, 5) is 14.2. The molecule has 21 heavy (non-hydrogen) atoms. The number of carbonyl (C=O) groups is 1.